The van der Waals surface area contributed by atoms with E-state index >= 15 is 0 Å². The van der Waals surface area contributed by atoms with Gasteiger partial charge in [0.2, 0.25) is 5.91 Å². The largest absolute Gasteiger partial charge is 0.385 e. The number of ether oxygens (including phenoxy) is 1. The maximum Gasteiger partial charge on any atom is 0.226 e. The fraction of sp³-hybridized carbons (Fsp3) is 0.917. The third-order valence-corrected chi connectivity index (χ3v) is 3.35. The highest BCUT2D eigenvalue weighted by Crippen LogP contribution is 2.24. The van der Waals surface area contributed by atoms with E-state index in [1.165, 1.54) is 6.42 Å². The van der Waals surface area contributed by atoms with Crippen LogP contribution in [0.4, 0.5) is 0 Å². The maximum atomic E-state index is 12.1. The van der Waals surface area contributed by atoms with Crippen LogP contribution in [0.2, 0.25) is 0 Å². The molecule has 4 heteroatoms. The molecular weight excluding hydrogens is 204 g/mol. The molecular formula is C12H24N2O2. The highest BCUT2D eigenvalue weighted by molar-refractivity contribution is 5.79. The summed E-state index contributed by atoms with van der Waals surface area (Å²) >= 11 is 0. The van der Waals surface area contributed by atoms with E-state index < -0.39 is 0 Å². The molecule has 16 heavy (non-hydrogen) atoms. The van der Waals surface area contributed by atoms with Crippen molar-refractivity contribution in [3.8, 4) is 0 Å². The fourth-order valence-electron chi connectivity index (χ4n) is 2.31. The van der Waals surface area contributed by atoms with Gasteiger partial charge in [-0.3, -0.25) is 4.79 Å². The normalized spacial score (nSPS) is 25.4. The number of carbonyl (C=O) groups excluding carboxylic acids is 1. The Morgan fingerprint density at radius 1 is 1.44 bits per heavy atom. The highest BCUT2D eigenvalue weighted by Gasteiger charge is 2.29. The van der Waals surface area contributed by atoms with E-state index in [9.17, 15) is 4.79 Å². The van der Waals surface area contributed by atoms with E-state index in [1.54, 1.807) is 12.0 Å². The van der Waals surface area contributed by atoms with E-state index in [2.05, 4.69) is 0 Å². The second-order valence-corrected chi connectivity index (χ2v) is 4.66. The van der Waals surface area contributed by atoms with Crippen LogP contribution in [0.25, 0.3) is 0 Å². The molecule has 0 heterocycles. The Morgan fingerprint density at radius 2 is 2.12 bits per heavy atom. The average molecular weight is 228 g/mol. The SMILES string of the molecule is COCCCN(C)C(=O)C1CCCCC1N. The summed E-state index contributed by atoms with van der Waals surface area (Å²) < 4.78 is 4.98. The summed E-state index contributed by atoms with van der Waals surface area (Å²) in [5.41, 5.74) is 6.00. The van der Waals surface area contributed by atoms with Gasteiger partial charge in [0, 0.05) is 33.4 Å². The van der Waals surface area contributed by atoms with Gasteiger partial charge in [-0.15, -0.1) is 0 Å². The number of methoxy groups -OCH3 is 1. The summed E-state index contributed by atoms with van der Waals surface area (Å²) in [4.78, 5) is 13.9. The Labute approximate surface area is 98.1 Å². The van der Waals surface area contributed by atoms with Gasteiger partial charge in [0.25, 0.3) is 0 Å². The van der Waals surface area contributed by atoms with Crippen LogP contribution < -0.4 is 5.73 Å². The first kappa shape index (κ1) is 13.5. The molecule has 0 aromatic carbocycles. The van der Waals surface area contributed by atoms with Gasteiger partial charge in [-0.1, -0.05) is 12.8 Å². The molecule has 0 bridgehead atoms. The maximum absolute atomic E-state index is 12.1. The van der Waals surface area contributed by atoms with Crippen molar-refractivity contribution in [3.63, 3.8) is 0 Å². The lowest BCUT2D eigenvalue weighted by Gasteiger charge is -2.31. The lowest BCUT2D eigenvalue weighted by molar-refractivity contribution is -0.135. The van der Waals surface area contributed by atoms with Crippen molar-refractivity contribution in [1.29, 1.82) is 0 Å². The minimum Gasteiger partial charge on any atom is -0.385 e. The topological polar surface area (TPSA) is 55.6 Å². The van der Waals surface area contributed by atoms with Gasteiger partial charge >= 0.3 is 0 Å². The zero-order chi connectivity index (χ0) is 12.0. The van der Waals surface area contributed by atoms with Gasteiger partial charge in [0.15, 0.2) is 0 Å². The summed E-state index contributed by atoms with van der Waals surface area (Å²) in [6.07, 6.45) is 5.13. The molecule has 0 aromatic heterocycles. The van der Waals surface area contributed by atoms with Crippen molar-refractivity contribution < 1.29 is 9.53 Å². The average Bonchev–Trinajstić information content (AvgIpc) is 2.29. The van der Waals surface area contributed by atoms with Crippen molar-refractivity contribution in [2.75, 3.05) is 27.3 Å². The second-order valence-electron chi connectivity index (χ2n) is 4.66. The third kappa shape index (κ3) is 3.76. The summed E-state index contributed by atoms with van der Waals surface area (Å²) in [7, 11) is 3.54. The zero-order valence-electron chi connectivity index (χ0n) is 10.4. The van der Waals surface area contributed by atoms with E-state index in [4.69, 9.17) is 10.5 Å². The highest BCUT2D eigenvalue weighted by atomic mass is 16.5. The first-order valence-electron chi connectivity index (χ1n) is 6.16. The number of amides is 1. The van der Waals surface area contributed by atoms with E-state index in [0.29, 0.717) is 6.61 Å². The van der Waals surface area contributed by atoms with Crippen LogP contribution in [0.5, 0.6) is 0 Å². The summed E-state index contributed by atoms with van der Waals surface area (Å²) in [5, 5.41) is 0. The van der Waals surface area contributed by atoms with E-state index in [-0.39, 0.29) is 17.9 Å². The molecule has 2 N–H and O–H groups in total. The molecule has 1 aliphatic carbocycles. The molecule has 0 saturated heterocycles. The minimum atomic E-state index is 0.0429. The summed E-state index contributed by atoms with van der Waals surface area (Å²) in [6, 6.07) is 0.0612. The smallest absolute Gasteiger partial charge is 0.226 e. The molecule has 1 aliphatic rings. The lowest BCUT2D eigenvalue weighted by Crippen LogP contribution is -2.44. The third-order valence-electron chi connectivity index (χ3n) is 3.35. The first-order valence-corrected chi connectivity index (χ1v) is 6.16. The zero-order valence-corrected chi connectivity index (χ0v) is 10.4. The molecule has 0 spiro atoms. The van der Waals surface area contributed by atoms with Crippen molar-refractivity contribution in [1.82, 2.24) is 4.90 Å². The number of nitrogens with two attached hydrogens (primary N) is 1. The fourth-order valence-corrected chi connectivity index (χ4v) is 2.31. The van der Waals surface area contributed by atoms with Gasteiger partial charge in [-0.05, 0) is 19.3 Å². The molecule has 0 radical (unpaired) electrons. The first-order chi connectivity index (χ1) is 7.66. The van der Waals surface area contributed by atoms with Crippen LogP contribution >= 0.6 is 0 Å². The number of rotatable bonds is 5. The Bertz CT molecular complexity index is 221. The Balaban J connectivity index is 2.36. The lowest BCUT2D eigenvalue weighted by atomic mass is 9.84. The quantitative estimate of drug-likeness (QED) is 0.714. The van der Waals surface area contributed by atoms with E-state index in [0.717, 1.165) is 32.2 Å². The summed E-state index contributed by atoms with van der Waals surface area (Å²) in [6.45, 7) is 1.46. The van der Waals surface area contributed by atoms with Gasteiger partial charge < -0.3 is 15.4 Å². The molecule has 4 nitrogen and oxygen atoms in total. The standard InChI is InChI=1S/C12H24N2O2/c1-14(8-5-9-16-2)12(15)10-6-3-4-7-11(10)13/h10-11H,3-9,13H2,1-2H3. The van der Waals surface area contributed by atoms with Gasteiger partial charge in [0.1, 0.15) is 0 Å². The van der Waals surface area contributed by atoms with Gasteiger partial charge in [0.05, 0.1) is 5.92 Å². The van der Waals surface area contributed by atoms with Crippen LogP contribution in [0.3, 0.4) is 0 Å². The predicted molar refractivity (Wildman–Crippen MR) is 64.1 cm³/mol. The molecule has 94 valence electrons. The van der Waals surface area contributed by atoms with Crippen molar-refractivity contribution in [2.45, 2.75) is 38.1 Å². The Hall–Kier alpha value is -0.610. The monoisotopic (exact) mass is 228 g/mol. The Morgan fingerprint density at radius 3 is 2.75 bits per heavy atom. The summed E-state index contributed by atoms with van der Waals surface area (Å²) in [5.74, 6) is 0.254. The molecule has 1 rings (SSSR count). The van der Waals surface area contributed by atoms with Crippen LogP contribution in [-0.4, -0.2) is 44.2 Å². The van der Waals surface area contributed by atoms with Crippen LogP contribution in [0.15, 0.2) is 0 Å². The Kier molecular flexibility index (Phi) is 5.77. The second kappa shape index (κ2) is 6.86. The molecule has 1 saturated carbocycles. The van der Waals surface area contributed by atoms with Crippen molar-refractivity contribution >= 4 is 5.91 Å². The van der Waals surface area contributed by atoms with Crippen LogP contribution in [0, 0.1) is 5.92 Å². The van der Waals surface area contributed by atoms with Crippen molar-refractivity contribution in [3.05, 3.63) is 0 Å². The van der Waals surface area contributed by atoms with Gasteiger partial charge in [-0.25, -0.2) is 0 Å². The molecule has 2 atom stereocenters. The van der Waals surface area contributed by atoms with Gasteiger partial charge in [-0.2, -0.15) is 0 Å². The molecule has 1 amide bonds. The number of hydrogen-bond acceptors (Lipinski definition) is 3. The molecule has 0 aliphatic heterocycles. The number of nitrogens with zero attached hydrogens (tertiary/aromatic N) is 1. The predicted octanol–water partition coefficient (Wildman–Crippen LogP) is 0.999. The molecule has 1 fully saturated rings. The van der Waals surface area contributed by atoms with Crippen LogP contribution in [-0.2, 0) is 9.53 Å². The van der Waals surface area contributed by atoms with E-state index in [1.807, 2.05) is 7.05 Å². The molecule has 2 unspecified atom stereocenters. The number of carbonyl (C=O) groups is 1. The number of hydrogen-bond donors (Lipinski definition) is 1. The van der Waals surface area contributed by atoms with Crippen molar-refractivity contribution in [2.24, 2.45) is 11.7 Å². The van der Waals surface area contributed by atoms with Crippen LogP contribution in [0.1, 0.15) is 32.1 Å². The molecule has 0 aromatic rings. The minimum absolute atomic E-state index is 0.0429.